The lowest BCUT2D eigenvalue weighted by Crippen LogP contribution is -1.97. The summed E-state index contributed by atoms with van der Waals surface area (Å²) < 4.78 is 1.59. The smallest absolute Gasteiger partial charge is 0.162 e. The number of aromatic nitrogens is 2. The first-order valence-corrected chi connectivity index (χ1v) is 4.33. The highest BCUT2D eigenvalue weighted by atomic mass is 35.5. The average Bonchev–Trinajstić information content (AvgIpc) is 2.41. The van der Waals surface area contributed by atoms with Gasteiger partial charge in [-0.15, -0.1) is 0 Å². The molecule has 0 aromatic carbocycles. The number of anilines is 2. The highest BCUT2D eigenvalue weighted by Gasteiger charge is 2.11. The van der Waals surface area contributed by atoms with Crippen molar-refractivity contribution in [2.24, 2.45) is 0 Å². The number of nitrogen functional groups attached to an aromatic ring is 2. The SMILES string of the molecule is Nc1nc2c(N)cc(Cl)cn2c1CO. The zero-order chi connectivity index (χ0) is 10.3. The highest BCUT2D eigenvalue weighted by molar-refractivity contribution is 6.30. The Morgan fingerprint density at radius 2 is 2.21 bits per heavy atom. The van der Waals surface area contributed by atoms with E-state index in [0.717, 1.165) is 0 Å². The first-order chi connectivity index (χ1) is 6.63. The van der Waals surface area contributed by atoms with Crippen molar-refractivity contribution in [3.05, 3.63) is 23.0 Å². The van der Waals surface area contributed by atoms with Crippen LogP contribution in [0.4, 0.5) is 11.5 Å². The molecular weight excluding hydrogens is 204 g/mol. The lowest BCUT2D eigenvalue weighted by atomic mass is 10.4. The third-order valence-corrected chi connectivity index (χ3v) is 2.20. The standard InChI is InChI=1S/C8H9ClN4O/c9-4-1-5(10)8-12-7(11)6(3-14)13(8)2-4/h1-2,14H,3,10-11H2. The van der Waals surface area contributed by atoms with Crippen molar-refractivity contribution in [2.45, 2.75) is 6.61 Å². The van der Waals surface area contributed by atoms with Gasteiger partial charge in [-0.3, -0.25) is 4.40 Å². The minimum atomic E-state index is -0.202. The number of aliphatic hydroxyl groups excluding tert-OH is 1. The van der Waals surface area contributed by atoms with Crippen molar-refractivity contribution in [1.29, 1.82) is 0 Å². The van der Waals surface area contributed by atoms with E-state index in [1.54, 1.807) is 16.7 Å². The molecule has 2 rings (SSSR count). The Morgan fingerprint density at radius 3 is 2.86 bits per heavy atom. The molecule has 0 aliphatic rings. The summed E-state index contributed by atoms with van der Waals surface area (Å²) in [6, 6.07) is 1.59. The van der Waals surface area contributed by atoms with Gasteiger partial charge in [0.05, 0.1) is 23.0 Å². The molecule has 74 valence electrons. The number of hydrogen-bond acceptors (Lipinski definition) is 4. The molecule has 6 heteroatoms. The van der Waals surface area contributed by atoms with Gasteiger partial charge in [-0.2, -0.15) is 0 Å². The number of aliphatic hydroxyl groups is 1. The van der Waals surface area contributed by atoms with E-state index in [1.165, 1.54) is 0 Å². The second-order valence-electron chi connectivity index (χ2n) is 2.91. The van der Waals surface area contributed by atoms with Crippen LogP contribution < -0.4 is 11.5 Å². The predicted molar refractivity (Wildman–Crippen MR) is 54.9 cm³/mol. The number of hydrogen-bond donors (Lipinski definition) is 3. The molecule has 0 radical (unpaired) electrons. The zero-order valence-corrected chi connectivity index (χ0v) is 7.99. The van der Waals surface area contributed by atoms with Crippen molar-refractivity contribution >= 4 is 28.8 Å². The molecule has 0 aliphatic heterocycles. The van der Waals surface area contributed by atoms with E-state index >= 15 is 0 Å². The molecule has 0 aliphatic carbocycles. The normalized spacial score (nSPS) is 11.0. The van der Waals surface area contributed by atoms with Crippen LogP contribution in [-0.4, -0.2) is 14.5 Å². The van der Waals surface area contributed by atoms with Gasteiger partial charge in [0.25, 0.3) is 0 Å². The van der Waals surface area contributed by atoms with Crippen LogP contribution in [0, 0.1) is 0 Å². The highest BCUT2D eigenvalue weighted by Crippen LogP contribution is 2.23. The van der Waals surface area contributed by atoms with Gasteiger partial charge in [0.15, 0.2) is 5.65 Å². The summed E-state index contributed by atoms with van der Waals surface area (Å²) in [4.78, 5) is 4.02. The van der Waals surface area contributed by atoms with Crippen molar-refractivity contribution in [1.82, 2.24) is 9.38 Å². The van der Waals surface area contributed by atoms with Crippen LogP contribution in [0.25, 0.3) is 5.65 Å². The number of fused-ring (bicyclic) bond motifs is 1. The second kappa shape index (κ2) is 3.04. The Balaban J connectivity index is 2.87. The molecule has 0 fully saturated rings. The maximum atomic E-state index is 9.06. The third-order valence-electron chi connectivity index (χ3n) is 1.99. The van der Waals surface area contributed by atoms with Gasteiger partial charge in [0.1, 0.15) is 5.82 Å². The molecule has 5 nitrogen and oxygen atoms in total. The maximum Gasteiger partial charge on any atom is 0.162 e. The number of imidazole rings is 1. The Kier molecular flexibility index (Phi) is 1.98. The molecule has 0 saturated heterocycles. The van der Waals surface area contributed by atoms with Crippen LogP contribution >= 0.6 is 11.6 Å². The van der Waals surface area contributed by atoms with E-state index in [2.05, 4.69) is 4.98 Å². The van der Waals surface area contributed by atoms with Gasteiger partial charge < -0.3 is 16.6 Å². The molecular formula is C8H9ClN4O. The zero-order valence-electron chi connectivity index (χ0n) is 7.24. The molecule has 0 saturated carbocycles. The fraction of sp³-hybridized carbons (Fsp3) is 0.125. The van der Waals surface area contributed by atoms with Crippen LogP contribution in [0.1, 0.15) is 5.69 Å². The Bertz CT molecular complexity index is 494. The molecule has 5 N–H and O–H groups in total. The molecule has 0 bridgehead atoms. The molecule has 0 unspecified atom stereocenters. The maximum absolute atomic E-state index is 9.06. The summed E-state index contributed by atoms with van der Waals surface area (Å²) >= 11 is 5.81. The van der Waals surface area contributed by atoms with Crippen molar-refractivity contribution < 1.29 is 5.11 Å². The van der Waals surface area contributed by atoms with Gasteiger partial charge in [-0.25, -0.2) is 4.98 Å². The summed E-state index contributed by atoms with van der Waals surface area (Å²) in [5.74, 6) is 0.265. The fourth-order valence-electron chi connectivity index (χ4n) is 1.36. The topological polar surface area (TPSA) is 89.6 Å². The lowest BCUT2D eigenvalue weighted by molar-refractivity contribution is 0.276. The summed E-state index contributed by atoms with van der Waals surface area (Å²) in [5.41, 5.74) is 12.7. The summed E-state index contributed by atoms with van der Waals surface area (Å²) in [7, 11) is 0. The van der Waals surface area contributed by atoms with Gasteiger partial charge in [0, 0.05) is 6.20 Å². The lowest BCUT2D eigenvalue weighted by Gasteiger charge is -2.01. The first-order valence-electron chi connectivity index (χ1n) is 3.95. The van der Waals surface area contributed by atoms with Crippen LogP contribution in [0.3, 0.4) is 0 Å². The van der Waals surface area contributed by atoms with E-state index in [-0.39, 0.29) is 12.4 Å². The molecule has 2 heterocycles. The first kappa shape index (κ1) is 9.11. The minimum absolute atomic E-state index is 0.202. The molecule has 0 atom stereocenters. The van der Waals surface area contributed by atoms with Crippen molar-refractivity contribution in [3.8, 4) is 0 Å². The Labute approximate surface area is 84.9 Å². The number of halogens is 1. The molecule has 0 spiro atoms. The van der Waals surface area contributed by atoms with Gasteiger partial charge in [-0.05, 0) is 6.07 Å². The van der Waals surface area contributed by atoms with Crippen LogP contribution in [0.15, 0.2) is 12.3 Å². The summed E-state index contributed by atoms with van der Waals surface area (Å²) in [6.45, 7) is -0.202. The van der Waals surface area contributed by atoms with Gasteiger partial charge >= 0.3 is 0 Å². The number of nitrogens with zero attached hydrogens (tertiary/aromatic N) is 2. The monoisotopic (exact) mass is 212 g/mol. The number of rotatable bonds is 1. The molecule has 14 heavy (non-hydrogen) atoms. The summed E-state index contributed by atoms with van der Waals surface area (Å²) in [6.07, 6.45) is 1.61. The van der Waals surface area contributed by atoms with Gasteiger partial charge in [0.2, 0.25) is 0 Å². The fourth-order valence-corrected chi connectivity index (χ4v) is 1.57. The van der Waals surface area contributed by atoms with Crippen LogP contribution in [0.5, 0.6) is 0 Å². The van der Waals surface area contributed by atoms with E-state index in [4.69, 9.17) is 28.2 Å². The van der Waals surface area contributed by atoms with E-state index < -0.39 is 0 Å². The predicted octanol–water partition coefficient (Wildman–Crippen LogP) is 0.644. The largest absolute Gasteiger partial charge is 0.396 e. The Morgan fingerprint density at radius 1 is 1.50 bits per heavy atom. The minimum Gasteiger partial charge on any atom is -0.396 e. The van der Waals surface area contributed by atoms with E-state index in [1.807, 2.05) is 0 Å². The van der Waals surface area contributed by atoms with E-state index in [9.17, 15) is 0 Å². The molecule has 2 aromatic heterocycles. The van der Waals surface area contributed by atoms with Crippen molar-refractivity contribution in [2.75, 3.05) is 11.5 Å². The van der Waals surface area contributed by atoms with Crippen LogP contribution in [-0.2, 0) is 6.61 Å². The quantitative estimate of drug-likeness (QED) is 0.647. The average molecular weight is 213 g/mol. The number of nitrogens with two attached hydrogens (primary N) is 2. The van der Waals surface area contributed by atoms with Gasteiger partial charge in [-0.1, -0.05) is 11.6 Å². The third kappa shape index (κ3) is 1.18. The number of pyridine rings is 1. The molecule has 0 amide bonds. The second-order valence-corrected chi connectivity index (χ2v) is 3.35. The van der Waals surface area contributed by atoms with E-state index in [0.29, 0.717) is 22.1 Å². The molecule has 2 aromatic rings. The Hall–Kier alpha value is -1.46. The summed E-state index contributed by atoms with van der Waals surface area (Å²) in [5, 5.41) is 9.54. The van der Waals surface area contributed by atoms with Crippen molar-refractivity contribution in [3.63, 3.8) is 0 Å². The van der Waals surface area contributed by atoms with Crippen LogP contribution in [0.2, 0.25) is 5.02 Å².